The number of aryl methyl sites for hydroxylation is 1. The van der Waals surface area contributed by atoms with Crippen molar-refractivity contribution in [2.24, 2.45) is 0 Å². The van der Waals surface area contributed by atoms with Crippen LogP contribution in [0.2, 0.25) is 0 Å². The zero-order valence-corrected chi connectivity index (χ0v) is 13.0. The third-order valence-electron chi connectivity index (χ3n) is 3.79. The molecule has 1 aliphatic heterocycles. The largest absolute Gasteiger partial charge is 0.383 e. The Balaban J connectivity index is 1.78. The SMILES string of the molecule is CCc1ccc(CN2CCCC2CNCCOC)s1. The van der Waals surface area contributed by atoms with E-state index in [4.69, 9.17) is 4.74 Å². The number of methoxy groups -OCH3 is 1. The number of ether oxygens (including phenoxy) is 1. The summed E-state index contributed by atoms with van der Waals surface area (Å²) in [7, 11) is 1.76. The highest BCUT2D eigenvalue weighted by atomic mass is 32.1. The van der Waals surface area contributed by atoms with E-state index in [0.717, 1.165) is 32.7 Å². The molecule has 2 heterocycles. The molecule has 1 unspecified atom stereocenters. The van der Waals surface area contributed by atoms with Crippen LogP contribution in [0.3, 0.4) is 0 Å². The van der Waals surface area contributed by atoms with E-state index in [1.165, 1.54) is 29.1 Å². The second kappa shape index (κ2) is 8.00. The van der Waals surface area contributed by atoms with E-state index in [2.05, 4.69) is 29.3 Å². The van der Waals surface area contributed by atoms with Crippen LogP contribution in [0.5, 0.6) is 0 Å². The Bertz CT molecular complexity index is 367. The van der Waals surface area contributed by atoms with Crippen LogP contribution in [0.25, 0.3) is 0 Å². The first-order valence-electron chi connectivity index (χ1n) is 7.34. The van der Waals surface area contributed by atoms with Gasteiger partial charge in [0.2, 0.25) is 0 Å². The lowest BCUT2D eigenvalue weighted by atomic mass is 10.2. The van der Waals surface area contributed by atoms with Gasteiger partial charge in [-0.2, -0.15) is 0 Å². The highest BCUT2D eigenvalue weighted by Gasteiger charge is 2.24. The van der Waals surface area contributed by atoms with Gasteiger partial charge in [-0.3, -0.25) is 4.90 Å². The van der Waals surface area contributed by atoms with Crippen molar-refractivity contribution in [1.29, 1.82) is 0 Å². The van der Waals surface area contributed by atoms with Gasteiger partial charge in [-0.15, -0.1) is 11.3 Å². The van der Waals surface area contributed by atoms with Crippen molar-refractivity contribution >= 4 is 11.3 Å². The Morgan fingerprint density at radius 3 is 3.00 bits per heavy atom. The molecule has 3 nitrogen and oxygen atoms in total. The molecule has 1 fully saturated rings. The number of rotatable bonds is 8. The minimum atomic E-state index is 0.698. The predicted molar refractivity (Wildman–Crippen MR) is 81.9 cm³/mol. The van der Waals surface area contributed by atoms with E-state index in [-0.39, 0.29) is 0 Å². The van der Waals surface area contributed by atoms with Crippen LogP contribution in [0.15, 0.2) is 12.1 Å². The van der Waals surface area contributed by atoms with Crippen LogP contribution in [0.1, 0.15) is 29.5 Å². The van der Waals surface area contributed by atoms with Gasteiger partial charge in [-0.1, -0.05) is 6.92 Å². The van der Waals surface area contributed by atoms with Crippen LogP contribution < -0.4 is 5.32 Å². The van der Waals surface area contributed by atoms with E-state index in [0.29, 0.717) is 6.04 Å². The van der Waals surface area contributed by atoms with Gasteiger partial charge in [0.25, 0.3) is 0 Å². The summed E-state index contributed by atoms with van der Waals surface area (Å²) in [5.74, 6) is 0. The normalized spacial score (nSPS) is 20.2. The first-order valence-corrected chi connectivity index (χ1v) is 8.16. The topological polar surface area (TPSA) is 24.5 Å². The summed E-state index contributed by atoms with van der Waals surface area (Å²) in [6.07, 6.45) is 3.82. The number of likely N-dealkylation sites (tertiary alicyclic amines) is 1. The third kappa shape index (κ3) is 4.56. The summed E-state index contributed by atoms with van der Waals surface area (Å²) < 4.78 is 5.07. The van der Waals surface area contributed by atoms with Gasteiger partial charge >= 0.3 is 0 Å². The Labute approximate surface area is 121 Å². The van der Waals surface area contributed by atoms with Crippen LogP contribution in [-0.4, -0.2) is 44.3 Å². The van der Waals surface area contributed by atoms with E-state index >= 15 is 0 Å². The average Bonchev–Trinajstić information content (AvgIpc) is 3.05. The molecule has 19 heavy (non-hydrogen) atoms. The van der Waals surface area contributed by atoms with Crippen LogP contribution in [0.4, 0.5) is 0 Å². The van der Waals surface area contributed by atoms with Crippen molar-refractivity contribution in [2.75, 3.05) is 33.4 Å². The zero-order valence-electron chi connectivity index (χ0n) is 12.2. The second-order valence-electron chi connectivity index (χ2n) is 5.19. The highest BCUT2D eigenvalue weighted by Crippen LogP contribution is 2.24. The maximum Gasteiger partial charge on any atom is 0.0587 e. The van der Waals surface area contributed by atoms with E-state index in [9.17, 15) is 0 Å². The first-order chi connectivity index (χ1) is 9.33. The smallest absolute Gasteiger partial charge is 0.0587 e. The summed E-state index contributed by atoms with van der Waals surface area (Å²) in [4.78, 5) is 5.65. The molecule has 0 bridgehead atoms. The van der Waals surface area contributed by atoms with Crippen LogP contribution in [-0.2, 0) is 17.7 Å². The fourth-order valence-corrected chi connectivity index (χ4v) is 3.66. The van der Waals surface area contributed by atoms with Gasteiger partial charge in [-0.05, 0) is 37.9 Å². The minimum absolute atomic E-state index is 0.698. The number of thiophene rings is 1. The van der Waals surface area contributed by atoms with Gasteiger partial charge in [-0.25, -0.2) is 0 Å². The van der Waals surface area contributed by atoms with Crippen molar-refractivity contribution in [2.45, 2.75) is 38.8 Å². The molecular weight excluding hydrogens is 256 g/mol. The summed E-state index contributed by atoms with van der Waals surface area (Å²) in [5.41, 5.74) is 0. The first kappa shape index (κ1) is 15.0. The molecule has 0 saturated carbocycles. The number of nitrogens with one attached hydrogen (secondary N) is 1. The fraction of sp³-hybridized carbons (Fsp3) is 0.733. The monoisotopic (exact) mass is 282 g/mol. The molecule has 4 heteroatoms. The molecule has 1 aliphatic rings. The van der Waals surface area contributed by atoms with E-state index < -0.39 is 0 Å². The molecule has 1 aromatic heterocycles. The van der Waals surface area contributed by atoms with Gasteiger partial charge in [0.05, 0.1) is 6.61 Å². The van der Waals surface area contributed by atoms with Gasteiger partial charge in [0.15, 0.2) is 0 Å². The van der Waals surface area contributed by atoms with Crippen LogP contribution >= 0.6 is 11.3 Å². The summed E-state index contributed by atoms with van der Waals surface area (Å²) in [5, 5.41) is 3.50. The molecule has 0 amide bonds. The number of hydrogen-bond acceptors (Lipinski definition) is 4. The predicted octanol–water partition coefficient (Wildman–Crippen LogP) is 2.51. The standard InChI is InChI=1S/C15H26N2OS/c1-3-14-6-7-15(19-14)12-17-9-4-5-13(17)11-16-8-10-18-2/h6-7,13,16H,3-5,8-12H2,1-2H3. The Morgan fingerprint density at radius 1 is 1.42 bits per heavy atom. The molecule has 2 rings (SSSR count). The fourth-order valence-electron chi connectivity index (χ4n) is 2.67. The zero-order chi connectivity index (χ0) is 13.5. The van der Waals surface area contributed by atoms with Crippen molar-refractivity contribution in [1.82, 2.24) is 10.2 Å². The summed E-state index contributed by atoms with van der Waals surface area (Å²) in [6.45, 7) is 7.46. The number of nitrogens with zero attached hydrogens (tertiary/aromatic N) is 1. The molecular formula is C15H26N2OS. The maximum atomic E-state index is 5.07. The highest BCUT2D eigenvalue weighted by molar-refractivity contribution is 7.11. The number of hydrogen-bond donors (Lipinski definition) is 1. The molecule has 0 spiro atoms. The van der Waals surface area contributed by atoms with Crippen molar-refractivity contribution in [3.05, 3.63) is 21.9 Å². The lowest BCUT2D eigenvalue weighted by molar-refractivity contribution is 0.191. The maximum absolute atomic E-state index is 5.07. The summed E-state index contributed by atoms with van der Waals surface area (Å²) in [6, 6.07) is 5.28. The molecule has 1 N–H and O–H groups in total. The van der Waals surface area contributed by atoms with Crippen molar-refractivity contribution in [3.8, 4) is 0 Å². The Hall–Kier alpha value is -0.420. The average molecular weight is 282 g/mol. The van der Waals surface area contributed by atoms with Crippen LogP contribution in [0, 0.1) is 0 Å². The van der Waals surface area contributed by atoms with Gasteiger partial charge in [0, 0.05) is 42.5 Å². The van der Waals surface area contributed by atoms with Crippen molar-refractivity contribution < 1.29 is 4.74 Å². The quantitative estimate of drug-likeness (QED) is 0.742. The molecule has 0 aromatic carbocycles. The molecule has 108 valence electrons. The van der Waals surface area contributed by atoms with E-state index in [1.54, 1.807) is 7.11 Å². The van der Waals surface area contributed by atoms with E-state index in [1.807, 2.05) is 11.3 Å². The molecule has 0 aliphatic carbocycles. The summed E-state index contributed by atoms with van der Waals surface area (Å²) >= 11 is 1.97. The van der Waals surface area contributed by atoms with Gasteiger partial charge in [0.1, 0.15) is 0 Å². The second-order valence-corrected chi connectivity index (χ2v) is 6.44. The Morgan fingerprint density at radius 2 is 2.26 bits per heavy atom. The molecule has 1 saturated heterocycles. The lowest BCUT2D eigenvalue weighted by Crippen LogP contribution is -2.38. The minimum Gasteiger partial charge on any atom is -0.383 e. The van der Waals surface area contributed by atoms with Gasteiger partial charge < -0.3 is 10.1 Å². The molecule has 1 atom stereocenters. The van der Waals surface area contributed by atoms with Crippen molar-refractivity contribution in [3.63, 3.8) is 0 Å². The third-order valence-corrected chi connectivity index (χ3v) is 5.00. The molecule has 1 aromatic rings. The lowest BCUT2D eigenvalue weighted by Gasteiger charge is -2.24. The Kier molecular flexibility index (Phi) is 6.31. The molecule has 0 radical (unpaired) electrons.